The fraction of sp³-hybridized carbons (Fsp3) is 0.385. The van der Waals surface area contributed by atoms with Crippen molar-refractivity contribution in [2.24, 2.45) is 0 Å². The molecule has 0 fully saturated rings. The molecule has 0 bridgehead atoms. The third kappa shape index (κ3) is 3.98. The molecule has 2 rings (SSSR count). The number of nitrogens with zero attached hydrogens (tertiary/aromatic N) is 2. The number of imidazole rings is 1. The highest BCUT2D eigenvalue weighted by atomic mass is 32.2. The normalized spacial score (nSPS) is 11.9. The molecule has 8 heteroatoms. The number of fused-ring (bicyclic) bond motifs is 1. The summed E-state index contributed by atoms with van der Waals surface area (Å²) >= 11 is 1.10. The van der Waals surface area contributed by atoms with Crippen molar-refractivity contribution >= 4 is 38.6 Å². The van der Waals surface area contributed by atoms with E-state index in [-0.39, 0.29) is 23.8 Å². The van der Waals surface area contributed by atoms with Crippen molar-refractivity contribution in [3.63, 3.8) is 0 Å². The van der Waals surface area contributed by atoms with Crippen molar-refractivity contribution in [2.45, 2.75) is 18.6 Å². The first kappa shape index (κ1) is 15.8. The predicted molar refractivity (Wildman–Crippen MR) is 82.4 cm³/mol. The minimum atomic E-state index is -3.09. The fourth-order valence-electron chi connectivity index (χ4n) is 1.88. The van der Waals surface area contributed by atoms with Gasteiger partial charge in [-0.1, -0.05) is 30.8 Å². The van der Waals surface area contributed by atoms with Gasteiger partial charge in [-0.05, 0) is 12.1 Å². The molecular weight excluding hydrogens is 312 g/mol. The Hall–Kier alpha value is -1.54. The largest absolute Gasteiger partial charge is 0.481 e. The number of aromatic nitrogens is 2. The Morgan fingerprint density at radius 1 is 1.38 bits per heavy atom. The van der Waals surface area contributed by atoms with Crippen LogP contribution in [0.3, 0.4) is 0 Å². The van der Waals surface area contributed by atoms with Gasteiger partial charge in [-0.2, -0.15) is 0 Å². The number of carboxylic acid groups (broad SMARTS) is 1. The number of thioether (sulfide) groups is 1. The molecule has 0 aliphatic rings. The van der Waals surface area contributed by atoms with Crippen LogP contribution in [-0.4, -0.2) is 46.3 Å². The van der Waals surface area contributed by atoms with E-state index in [2.05, 4.69) is 4.98 Å². The summed E-state index contributed by atoms with van der Waals surface area (Å²) in [6.07, 6.45) is 0. The van der Waals surface area contributed by atoms with E-state index < -0.39 is 15.8 Å². The molecule has 0 amide bonds. The minimum Gasteiger partial charge on any atom is -0.481 e. The third-order valence-corrected chi connectivity index (χ3v) is 5.66. The molecular formula is C13H16N2O4S2. The number of benzene rings is 1. The van der Waals surface area contributed by atoms with Gasteiger partial charge in [0.2, 0.25) is 0 Å². The lowest BCUT2D eigenvalue weighted by atomic mass is 10.3. The van der Waals surface area contributed by atoms with Gasteiger partial charge in [0.05, 0.1) is 22.5 Å². The van der Waals surface area contributed by atoms with Crippen molar-refractivity contribution in [2.75, 3.05) is 17.3 Å². The highest BCUT2D eigenvalue weighted by Gasteiger charge is 2.15. The fourth-order valence-corrected chi connectivity index (χ4v) is 3.39. The molecule has 0 radical (unpaired) electrons. The smallest absolute Gasteiger partial charge is 0.313 e. The molecule has 1 N–H and O–H groups in total. The van der Waals surface area contributed by atoms with Gasteiger partial charge in [-0.25, -0.2) is 13.4 Å². The summed E-state index contributed by atoms with van der Waals surface area (Å²) in [5.41, 5.74) is 1.55. The molecule has 0 spiro atoms. The number of hydrogen-bond donors (Lipinski definition) is 1. The number of aryl methyl sites for hydroxylation is 1. The van der Waals surface area contributed by atoms with Crippen molar-refractivity contribution in [1.29, 1.82) is 0 Å². The van der Waals surface area contributed by atoms with E-state index in [1.165, 1.54) is 0 Å². The van der Waals surface area contributed by atoms with Crippen LogP contribution in [0.25, 0.3) is 11.0 Å². The third-order valence-electron chi connectivity index (χ3n) is 3.01. The van der Waals surface area contributed by atoms with E-state index in [4.69, 9.17) is 5.11 Å². The Labute approximate surface area is 127 Å². The van der Waals surface area contributed by atoms with Gasteiger partial charge < -0.3 is 9.67 Å². The number of aliphatic carboxylic acids is 1. The van der Waals surface area contributed by atoms with E-state index in [0.29, 0.717) is 5.16 Å². The number of carbonyl (C=O) groups is 1. The standard InChI is InChI=1S/C13H16N2O4S2/c1-2-21(18,19)8-7-15-11-6-4-3-5-10(11)14-13(15)20-9-12(16)17/h3-6H,2,7-9H2,1H3,(H,16,17). The van der Waals surface area contributed by atoms with Gasteiger partial charge in [-0.3, -0.25) is 4.79 Å². The first-order valence-corrected chi connectivity index (χ1v) is 9.24. The molecule has 114 valence electrons. The summed E-state index contributed by atoms with van der Waals surface area (Å²) in [6, 6.07) is 7.37. The number of hydrogen-bond acceptors (Lipinski definition) is 5. The molecule has 0 saturated carbocycles. The average Bonchev–Trinajstić information content (AvgIpc) is 2.81. The van der Waals surface area contributed by atoms with Crippen LogP contribution in [0.15, 0.2) is 29.4 Å². The Bertz CT molecular complexity index is 753. The molecule has 1 aromatic carbocycles. The Morgan fingerprint density at radius 2 is 2.10 bits per heavy atom. The summed E-state index contributed by atoms with van der Waals surface area (Å²) in [5.74, 6) is -0.925. The number of para-hydroxylation sites is 2. The van der Waals surface area contributed by atoms with Crippen LogP contribution < -0.4 is 0 Å². The molecule has 2 aromatic rings. The van der Waals surface area contributed by atoms with E-state index in [9.17, 15) is 13.2 Å². The second-order valence-corrected chi connectivity index (χ2v) is 7.87. The van der Waals surface area contributed by atoms with Crippen LogP contribution >= 0.6 is 11.8 Å². The van der Waals surface area contributed by atoms with Crippen molar-refractivity contribution in [1.82, 2.24) is 9.55 Å². The van der Waals surface area contributed by atoms with Gasteiger partial charge in [0.15, 0.2) is 15.0 Å². The molecule has 1 aromatic heterocycles. The maximum Gasteiger partial charge on any atom is 0.313 e. The van der Waals surface area contributed by atoms with Crippen molar-refractivity contribution in [3.05, 3.63) is 24.3 Å². The first-order chi connectivity index (χ1) is 9.93. The SMILES string of the molecule is CCS(=O)(=O)CCn1c(SCC(=O)O)nc2ccccc21. The van der Waals surface area contributed by atoms with Gasteiger partial charge in [0.1, 0.15) is 0 Å². The Morgan fingerprint density at radius 3 is 2.76 bits per heavy atom. The van der Waals surface area contributed by atoms with Crippen molar-refractivity contribution < 1.29 is 18.3 Å². The molecule has 0 saturated heterocycles. The van der Waals surface area contributed by atoms with Crippen LogP contribution in [0, 0.1) is 0 Å². The lowest BCUT2D eigenvalue weighted by molar-refractivity contribution is -0.133. The lowest BCUT2D eigenvalue weighted by Gasteiger charge is -2.08. The number of carboxylic acids is 1. The van der Waals surface area contributed by atoms with Crippen LogP contribution in [-0.2, 0) is 21.2 Å². The van der Waals surface area contributed by atoms with E-state index in [0.717, 1.165) is 22.8 Å². The average molecular weight is 328 g/mol. The zero-order valence-corrected chi connectivity index (χ0v) is 13.2. The lowest BCUT2D eigenvalue weighted by Crippen LogP contribution is -2.15. The van der Waals surface area contributed by atoms with E-state index in [1.54, 1.807) is 11.5 Å². The number of sulfone groups is 1. The van der Waals surface area contributed by atoms with Gasteiger partial charge in [0.25, 0.3) is 0 Å². The summed E-state index contributed by atoms with van der Waals surface area (Å²) in [6.45, 7) is 1.89. The molecule has 21 heavy (non-hydrogen) atoms. The summed E-state index contributed by atoms with van der Waals surface area (Å²) in [7, 11) is -3.09. The molecule has 6 nitrogen and oxygen atoms in total. The summed E-state index contributed by atoms with van der Waals surface area (Å²) in [4.78, 5) is 15.1. The molecule has 0 atom stereocenters. The quantitative estimate of drug-likeness (QED) is 0.777. The molecule has 1 heterocycles. The first-order valence-electron chi connectivity index (χ1n) is 6.43. The van der Waals surface area contributed by atoms with Gasteiger partial charge >= 0.3 is 5.97 Å². The highest BCUT2D eigenvalue weighted by molar-refractivity contribution is 7.99. The second-order valence-electron chi connectivity index (χ2n) is 4.45. The summed E-state index contributed by atoms with van der Waals surface area (Å²) in [5, 5.41) is 9.32. The monoisotopic (exact) mass is 328 g/mol. The summed E-state index contributed by atoms with van der Waals surface area (Å²) < 4.78 is 25.1. The zero-order chi connectivity index (χ0) is 15.5. The van der Waals surface area contributed by atoms with Crippen LogP contribution in [0.5, 0.6) is 0 Å². The van der Waals surface area contributed by atoms with Gasteiger partial charge in [0, 0.05) is 12.3 Å². The minimum absolute atomic E-state index is 0.0183. The van der Waals surface area contributed by atoms with Crippen LogP contribution in [0.4, 0.5) is 0 Å². The molecule has 0 aliphatic carbocycles. The maximum absolute atomic E-state index is 11.7. The van der Waals surface area contributed by atoms with Crippen LogP contribution in [0.1, 0.15) is 6.92 Å². The van der Waals surface area contributed by atoms with Crippen LogP contribution in [0.2, 0.25) is 0 Å². The Kier molecular flexibility index (Phi) is 4.89. The number of rotatable bonds is 7. The Balaban J connectivity index is 2.33. The van der Waals surface area contributed by atoms with E-state index >= 15 is 0 Å². The molecule has 0 unspecified atom stereocenters. The second kappa shape index (κ2) is 6.48. The highest BCUT2D eigenvalue weighted by Crippen LogP contribution is 2.24. The topological polar surface area (TPSA) is 89.3 Å². The maximum atomic E-state index is 11.7. The van der Waals surface area contributed by atoms with Crippen molar-refractivity contribution in [3.8, 4) is 0 Å². The van der Waals surface area contributed by atoms with Gasteiger partial charge in [-0.15, -0.1) is 0 Å². The predicted octanol–water partition coefficient (Wildman–Crippen LogP) is 1.65. The zero-order valence-electron chi connectivity index (χ0n) is 11.5. The van der Waals surface area contributed by atoms with E-state index in [1.807, 2.05) is 24.3 Å². The molecule has 0 aliphatic heterocycles.